The van der Waals surface area contributed by atoms with E-state index in [0.717, 1.165) is 0 Å². The standard InChI is InChI=1S/C11H18N2O2.C2H6/c1-7-6-9(13-15-7)10(14)12-8(2)11(3,4)5;1-2/h6,8H,1-5H3,(H,12,14);1-2H3. The monoisotopic (exact) mass is 240 g/mol. The first kappa shape index (κ1) is 15.7. The summed E-state index contributed by atoms with van der Waals surface area (Å²) in [5, 5.41) is 6.55. The number of hydrogen-bond acceptors (Lipinski definition) is 3. The van der Waals surface area contributed by atoms with E-state index in [2.05, 4.69) is 31.2 Å². The molecule has 1 N–H and O–H groups in total. The predicted molar refractivity (Wildman–Crippen MR) is 69.0 cm³/mol. The van der Waals surface area contributed by atoms with Crippen LogP contribution in [0.1, 0.15) is 57.8 Å². The highest BCUT2D eigenvalue weighted by atomic mass is 16.5. The van der Waals surface area contributed by atoms with Crippen LogP contribution in [0, 0.1) is 12.3 Å². The maximum atomic E-state index is 11.7. The van der Waals surface area contributed by atoms with Gasteiger partial charge in [-0.25, -0.2) is 0 Å². The van der Waals surface area contributed by atoms with Crippen molar-refractivity contribution < 1.29 is 9.32 Å². The Morgan fingerprint density at radius 1 is 1.41 bits per heavy atom. The molecule has 4 heteroatoms. The molecule has 0 aromatic carbocycles. The Labute approximate surface area is 104 Å². The first-order valence-corrected chi connectivity index (χ1v) is 6.05. The lowest BCUT2D eigenvalue weighted by atomic mass is 9.88. The lowest BCUT2D eigenvalue weighted by molar-refractivity contribution is 0.0901. The number of rotatable bonds is 2. The Morgan fingerprint density at radius 3 is 2.29 bits per heavy atom. The minimum atomic E-state index is -0.186. The topological polar surface area (TPSA) is 55.1 Å². The SMILES string of the molecule is CC.Cc1cc(C(=O)NC(C)C(C)(C)C)no1. The van der Waals surface area contributed by atoms with Crippen molar-refractivity contribution in [3.63, 3.8) is 0 Å². The molecule has 1 atom stereocenters. The largest absolute Gasteiger partial charge is 0.361 e. The van der Waals surface area contributed by atoms with Gasteiger partial charge in [-0.3, -0.25) is 4.79 Å². The number of nitrogens with one attached hydrogen (secondary N) is 1. The second kappa shape index (κ2) is 6.42. The van der Waals surface area contributed by atoms with Crippen molar-refractivity contribution in [3.8, 4) is 0 Å². The summed E-state index contributed by atoms with van der Waals surface area (Å²) < 4.78 is 4.84. The predicted octanol–water partition coefficient (Wildman–Crippen LogP) is 3.17. The molecule has 0 aliphatic heterocycles. The quantitative estimate of drug-likeness (QED) is 0.863. The van der Waals surface area contributed by atoms with Gasteiger partial charge in [-0.1, -0.05) is 39.8 Å². The van der Waals surface area contributed by atoms with Gasteiger partial charge in [-0.2, -0.15) is 0 Å². The van der Waals surface area contributed by atoms with Gasteiger partial charge in [0.15, 0.2) is 5.69 Å². The first-order valence-electron chi connectivity index (χ1n) is 6.05. The Bertz CT molecular complexity index is 351. The highest BCUT2D eigenvalue weighted by Crippen LogP contribution is 2.18. The lowest BCUT2D eigenvalue weighted by Crippen LogP contribution is -2.41. The fourth-order valence-electron chi connectivity index (χ4n) is 0.961. The van der Waals surface area contributed by atoms with E-state index in [9.17, 15) is 4.79 Å². The third-order valence-corrected chi connectivity index (χ3v) is 2.51. The van der Waals surface area contributed by atoms with Crippen LogP contribution in [0.3, 0.4) is 0 Å². The summed E-state index contributed by atoms with van der Waals surface area (Å²) in [6.07, 6.45) is 0. The van der Waals surface area contributed by atoms with Gasteiger partial charge in [0, 0.05) is 12.1 Å². The first-order chi connectivity index (χ1) is 7.80. The Hall–Kier alpha value is -1.32. The molecular weight excluding hydrogens is 216 g/mol. The molecule has 0 saturated carbocycles. The van der Waals surface area contributed by atoms with Crippen molar-refractivity contribution in [2.75, 3.05) is 0 Å². The van der Waals surface area contributed by atoms with Gasteiger partial charge in [-0.15, -0.1) is 0 Å². The van der Waals surface area contributed by atoms with Crippen LogP contribution < -0.4 is 5.32 Å². The molecule has 17 heavy (non-hydrogen) atoms. The van der Waals surface area contributed by atoms with Gasteiger partial charge < -0.3 is 9.84 Å². The number of amides is 1. The third kappa shape index (κ3) is 5.02. The average Bonchev–Trinajstić information content (AvgIpc) is 2.66. The van der Waals surface area contributed by atoms with E-state index >= 15 is 0 Å². The van der Waals surface area contributed by atoms with Crippen molar-refractivity contribution in [3.05, 3.63) is 17.5 Å². The smallest absolute Gasteiger partial charge is 0.273 e. The molecule has 0 saturated heterocycles. The summed E-state index contributed by atoms with van der Waals surface area (Å²) in [5.74, 6) is 0.456. The van der Waals surface area contributed by atoms with Crippen molar-refractivity contribution in [2.45, 2.75) is 54.5 Å². The summed E-state index contributed by atoms with van der Waals surface area (Å²) in [6.45, 7) is 14.0. The zero-order valence-electron chi connectivity index (χ0n) is 11.9. The van der Waals surface area contributed by atoms with Gasteiger partial charge in [0.1, 0.15) is 5.76 Å². The molecule has 98 valence electrons. The van der Waals surface area contributed by atoms with Crippen molar-refractivity contribution >= 4 is 5.91 Å². The van der Waals surface area contributed by atoms with E-state index in [1.54, 1.807) is 13.0 Å². The van der Waals surface area contributed by atoms with Crippen LogP contribution in [0.2, 0.25) is 0 Å². The molecule has 1 amide bonds. The highest BCUT2D eigenvalue weighted by Gasteiger charge is 2.23. The fraction of sp³-hybridized carbons (Fsp3) is 0.692. The van der Waals surface area contributed by atoms with Crippen LogP contribution >= 0.6 is 0 Å². The molecule has 0 bridgehead atoms. The molecule has 4 nitrogen and oxygen atoms in total. The number of nitrogens with zero attached hydrogens (tertiary/aromatic N) is 1. The molecule has 0 radical (unpaired) electrons. The van der Waals surface area contributed by atoms with E-state index in [-0.39, 0.29) is 17.4 Å². The van der Waals surface area contributed by atoms with Gasteiger partial charge in [0.05, 0.1) is 0 Å². The molecule has 1 unspecified atom stereocenters. The summed E-state index contributed by atoms with van der Waals surface area (Å²) in [6, 6.07) is 1.71. The van der Waals surface area contributed by atoms with Crippen LogP contribution in [0.15, 0.2) is 10.6 Å². The van der Waals surface area contributed by atoms with Gasteiger partial charge >= 0.3 is 0 Å². The number of carbonyl (C=O) groups is 1. The zero-order chi connectivity index (χ0) is 13.6. The minimum absolute atomic E-state index is 0.0362. The molecule has 1 rings (SSSR count). The molecule has 1 aromatic rings. The van der Waals surface area contributed by atoms with E-state index < -0.39 is 0 Å². The number of aromatic nitrogens is 1. The molecule has 0 fully saturated rings. The van der Waals surface area contributed by atoms with Crippen molar-refractivity contribution in [1.82, 2.24) is 10.5 Å². The summed E-state index contributed by atoms with van der Waals surface area (Å²) in [7, 11) is 0. The van der Waals surface area contributed by atoms with E-state index in [0.29, 0.717) is 11.5 Å². The Morgan fingerprint density at radius 2 is 1.94 bits per heavy atom. The Balaban J connectivity index is 0.00000121. The maximum absolute atomic E-state index is 11.7. The molecular formula is C13H24N2O2. The second-order valence-corrected chi connectivity index (χ2v) is 4.88. The molecule has 1 aromatic heterocycles. The van der Waals surface area contributed by atoms with Gasteiger partial charge in [0.25, 0.3) is 5.91 Å². The maximum Gasteiger partial charge on any atom is 0.273 e. The Kier molecular flexibility index (Phi) is 5.93. The van der Waals surface area contributed by atoms with Crippen LogP contribution in [0.5, 0.6) is 0 Å². The van der Waals surface area contributed by atoms with Crippen LogP contribution in [-0.4, -0.2) is 17.1 Å². The summed E-state index contributed by atoms with van der Waals surface area (Å²) in [5.41, 5.74) is 0.373. The third-order valence-electron chi connectivity index (χ3n) is 2.51. The van der Waals surface area contributed by atoms with Crippen molar-refractivity contribution in [1.29, 1.82) is 0 Å². The van der Waals surface area contributed by atoms with Crippen molar-refractivity contribution in [2.24, 2.45) is 5.41 Å². The highest BCUT2D eigenvalue weighted by molar-refractivity contribution is 5.92. The van der Waals surface area contributed by atoms with Crippen LogP contribution in [-0.2, 0) is 0 Å². The normalized spacial score (nSPS) is 12.4. The van der Waals surface area contributed by atoms with Gasteiger partial charge in [0.2, 0.25) is 0 Å². The lowest BCUT2D eigenvalue weighted by Gasteiger charge is -2.27. The summed E-state index contributed by atoms with van der Waals surface area (Å²) in [4.78, 5) is 11.7. The number of carbonyl (C=O) groups excluding carboxylic acids is 1. The van der Waals surface area contributed by atoms with E-state index in [4.69, 9.17) is 4.52 Å². The fourth-order valence-corrected chi connectivity index (χ4v) is 0.961. The molecule has 0 aliphatic carbocycles. The number of aryl methyl sites for hydroxylation is 1. The second-order valence-electron chi connectivity index (χ2n) is 4.88. The average molecular weight is 240 g/mol. The summed E-state index contributed by atoms with van der Waals surface area (Å²) >= 11 is 0. The molecule has 0 spiro atoms. The zero-order valence-corrected chi connectivity index (χ0v) is 11.9. The number of hydrogen-bond donors (Lipinski definition) is 1. The van der Waals surface area contributed by atoms with Crippen LogP contribution in [0.4, 0.5) is 0 Å². The van der Waals surface area contributed by atoms with E-state index in [1.807, 2.05) is 20.8 Å². The molecule has 1 heterocycles. The molecule has 0 aliphatic rings. The van der Waals surface area contributed by atoms with E-state index in [1.165, 1.54) is 0 Å². The van der Waals surface area contributed by atoms with Crippen LogP contribution in [0.25, 0.3) is 0 Å². The van der Waals surface area contributed by atoms with Gasteiger partial charge in [-0.05, 0) is 19.3 Å². The minimum Gasteiger partial charge on any atom is -0.361 e.